The number of fused-ring (bicyclic) bond motifs is 1. The van der Waals surface area contributed by atoms with Gasteiger partial charge in [0.15, 0.2) is 17.3 Å². The highest BCUT2D eigenvalue weighted by atomic mass is 16.5. The maximum absolute atomic E-state index is 12.8. The van der Waals surface area contributed by atoms with Gasteiger partial charge in [0.1, 0.15) is 23.2 Å². The zero-order chi connectivity index (χ0) is 19.7. The molecule has 1 aliphatic rings. The number of carbonyl (C=O) groups is 1. The van der Waals surface area contributed by atoms with Crippen LogP contribution in [0.25, 0.3) is 0 Å². The van der Waals surface area contributed by atoms with Gasteiger partial charge in [-0.25, -0.2) is 0 Å². The van der Waals surface area contributed by atoms with Crippen molar-refractivity contribution in [3.05, 3.63) is 52.6 Å². The van der Waals surface area contributed by atoms with Gasteiger partial charge in [0.25, 0.3) is 0 Å². The second-order valence-electron chi connectivity index (χ2n) is 6.69. The summed E-state index contributed by atoms with van der Waals surface area (Å²) in [4.78, 5) is 12.8. The van der Waals surface area contributed by atoms with Gasteiger partial charge in [-0.2, -0.15) is 0 Å². The first kappa shape index (κ1) is 18.6. The standard InChI is InChI=1S/C21H22O6/c1-11(2)8-9-13-18(24)17-15(23)10-16(12-6-4-5-7-14(12)22)27-20(17)21(26-3)19(13)25/h4-8,16,22,24-25H,9-10H2,1-3H3/t16-/m1/s1. The number of Topliss-reactive ketones (excluding diaryl/α,β-unsaturated/α-hetero) is 1. The predicted octanol–water partition coefficient (Wildman–Crippen LogP) is 4.03. The summed E-state index contributed by atoms with van der Waals surface area (Å²) >= 11 is 0. The van der Waals surface area contributed by atoms with Gasteiger partial charge in [0, 0.05) is 11.1 Å². The summed E-state index contributed by atoms with van der Waals surface area (Å²) in [5, 5.41) is 31.3. The molecule has 1 aliphatic heterocycles. The summed E-state index contributed by atoms with van der Waals surface area (Å²) in [7, 11) is 1.36. The molecule has 0 amide bonds. The van der Waals surface area contributed by atoms with Gasteiger partial charge in [-0.15, -0.1) is 0 Å². The number of phenolic OH excluding ortho intramolecular Hbond substituents is 3. The molecule has 0 saturated heterocycles. The molecule has 0 aliphatic carbocycles. The number of rotatable bonds is 4. The predicted molar refractivity (Wildman–Crippen MR) is 99.9 cm³/mol. The van der Waals surface area contributed by atoms with Crippen molar-refractivity contribution in [3.8, 4) is 28.7 Å². The molecule has 0 unspecified atom stereocenters. The molecule has 6 nitrogen and oxygen atoms in total. The van der Waals surface area contributed by atoms with Crippen LogP contribution in [0.2, 0.25) is 0 Å². The van der Waals surface area contributed by atoms with Gasteiger partial charge in [0.05, 0.1) is 13.5 Å². The monoisotopic (exact) mass is 370 g/mol. The van der Waals surface area contributed by atoms with Crippen molar-refractivity contribution in [2.75, 3.05) is 7.11 Å². The molecule has 0 saturated carbocycles. The maximum Gasteiger partial charge on any atom is 0.204 e. The third-order valence-electron chi connectivity index (χ3n) is 4.57. The van der Waals surface area contributed by atoms with Gasteiger partial charge in [-0.3, -0.25) is 4.79 Å². The van der Waals surface area contributed by atoms with Crippen LogP contribution >= 0.6 is 0 Å². The van der Waals surface area contributed by atoms with Crippen LogP contribution in [-0.4, -0.2) is 28.2 Å². The minimum atomic E-state index is -0.748. The lowest BCUT2D eigenvalue weighted by molar-refractivity contribution is 0.0833. The highest BCUT2D eigenvalue weighted by Gasteiger charge is 2.37. The van der Waals surface area contributed by atoms with Crippen LogP contribution in [0, 0.1) is 0 Å². The normalized spacial score (nSPS) is 15.7. The number of aromatic hydroxyl groups is 3. The van der Waals surface area contributed by atoms with Crippen LogP contribution in [0.3, 0.4) is 0 Å². The van der Waals surface area contributed by atoms with Gasteiger partial charge in [-0.1, -0.05) is 29.8 Å². The average molecular weight is 370 g/mol. The molecule has 6 heteroatoms. The lowest BCUT2D eigenvalue weighted by Gasteiger charge is -2.29. The largest absolute Gasteiger partial charge is 0.508 e. The molecule has 3 rings (SSSR count). The molecule has 1 heterocycles. The Morgan fingerprint density at radius 3 is 2.56 bits per heavy atom. The van der Waals surface area contributed by atoms with Crippen LogP contribution in [0.4, 0.5) is 0 Å². The third-order valence-corrected chi connectivity index (χ3v) is 4.57. The number of hydrogen-bond donors (Lipinski definition) is 3. The molecule has 0 aromatic heterocycles. The molecule has 0 bridgehead atoms. The SMILES string of the molecule is COc1c(O)c(CC=C(C)C)c(O)c2c1O[C@@H](c1ccccc1O)CC2=O. The molecular weight excluding hydrogens is 348 g/mol. The van der Waals surface area contributed by atoms with Crippen molar-refractivity contribution in [3.63, 3.8) is 0 Å². The van der Waals surface area contributed by atoms with Crippen LogP contribution in [0.5, 0.6) is 28.7 Å². The van der Waals surface area contributed by atoms with Crippen molar-refractivity contribution >= 4 is 5.78 Å². The van der Waals surface area contributed by atoms with E-state index in [2.05, 4.69) is 0 Å². The fourth-order valence-electron chi connectivity index (χ4n) is 3.18. The Kier molecular flexibility index (Phi) is 4.99. The third kappa shape index (κ3) is 3.30. The number of benzene rings is 2. The van der Waals surface area contributed by atoms with Gasteiger partial charge >= 0.3 is 0 Å². The van der Waals surface area contributed by atoms with E-state index < -0.39 is 6.10 Å². The Morgan fingerprint density at radius 1 is 1.22 bits per heavy atom. The summed E-state index contributed by atoms with van der Waals surface area (Å²) in [5.41, 5.74) is 1.66. The first-order valence-corrected chi connectivity index (χ1v) is 8.61. The molecule has 2 aromatic rings. The van der Waals surface area contributed by atoms with Gasteiger partial charge in [0.2, 0.25) is 5.75 Å². The second kappa shape index (κ2) is 7.23. The van der Waals surface area contributed by atoms with Crippen molar-refractivity contribution < 1.29 is 29.6 Å². The van der Waals surface area contributed by atoms with E-state index in [1.54, 1.807) is 18.2 Å². The molecule has 1 atom stereocenters. The summed E-state index contributed by atoms with van der Waals surface area (Å²) in [5.74, 6) is -0.935. The number of ketones is 1. The Morgan fingerprint density at radius 2 is 1.93 bits per heavy atom. The van der Waals surface area contributed by atoms with Crippen molar-refractivity contribution in [1.82, 2.24) is 0 Å². The molecule has 0 radical (unpaired) electrons. The average Bonchev–Trinajstić information content (AvgIpc) is 2.61. The second-order valence-corrected chi connectivity index (χ2v) is 6.69. The van der Waals surface area contributed by atoms with Crippen molar-refractivity contribution in [2.24, 2.45) is 0 Å². The molecule has 3 N–H and O–H groups in total. The van der Waals surface area contributed by atoms with Crippen LogP contribution in [0.1, 0.15) is 47.9 Å². The van der Waals surface area contributed by atoms with E-state index in [0.717, 1.165) is 5.57 Å². The summed E-state index contributed by atoms with van der Waals surface area (Å²) < 4.78 is 11.2. The summed E-state index contributed by atoms with van der Waals surface area (Å²) in [6, 6.07) is 6.57. The number of allylic oxidation sites excluding steroid dienone is 2. The Bertz CT molecular complexity index is 925. The number of hydrogen-bond acceptors (Lipinski definition) is 6. The van der Waals surface area contributed by atoms with E-state index in [0.29, 0.717) is 5.56 Å². The minimum Gasteiger partial charge on any atom is -0.508 e. The Labute approximate surface area is 157 Å². The van der Waals surface area contributed by atoms with E-state index in [9.17, 15) is 20.1 Å². The van der Waals surface area contributed by atoms with E-state index in [-0.39, 0.29) is 58.5 Å². The Balaban J connectivity index is 2.14. The number of methoxy groups -OCH3 is 1. The number of carbonyl (C=O) groups excluding carboxylic acids is 1. The molecule has 2 aromatic carbocycles. The summed E-state index contributed by atoms with van der Waals surface area (Å²) in [6.45, 7) is 3.80. The summed E-state index contributed by atoms with van der Waals surface area (Å²) in [6.07, 6.45) is 1.29. The van der Waals surface area contributed by atoms with Crippen molar-refractivity contribution in [1.29, 1.82) is 0 Å². The number of ether oxygens (including phenoxy) is 2. The van der Waals surface area contributed by atoms with E-state index in [1.165, 1.54) is 13.2 Å². The molecule has 142 valence electrons. The van der Waals surface area contributed by atoms with Crippen molar-refractivity contribution in [2.45, 2.75) is 32.8 Å². The highest BCUT2D eigenvalue weighted by Crippen LogP contribution is 2.52. The molecule has 0 spiro atoms. The quantitative estimate of drug-likeness (QED) is 0.703. The first-order chi connectivity index (χ1) is 12.8. The zero-order valence-electron chi connectivity index (χ0n) is 15.4. The maximum atomic E-state index is 12.8. The van der Waals surface area contributed by atoms with E-state index in [1.807, 2.05) is 19.9 Å². The molecule has 0 fully saturated rings. The van der Waals surface area contributed by atoms with Crippen LogP contribution in [-0.2, 0) is 6.42 Å². The first-order valence-electron chi connectivity index (χ1n) is 8.61. The fraction of sp³-hybridized carbons (Fsp3) is 0.286. The molecule has 27 heavy (non-hydrogen) atoms. The lowest BCUT2D eigenvalue weighted by Crippen LogP contribution is -2.21. The number of phenols is 3. The van der Waals surface area contributed by atoms with Crippen LogP contribution in [0.15, 0.2) is 35.9 Å². The van der Waals surface area contributed by atoms with Gasteiger partial charge in [-0.05, 0) is 26.3 Å². The Hall–Kier alpha value is -3.15. The fourth-order valence-corrected chi connectivity index (χ4v) is 3.18. The topological polar surface area (TPSA) is 96.2 Å². The lowest BCUT2D eigenvalue weighted by atomic mass is 9.92. The molecular formula is C21H22O6. The zero-order valence-corrected chi connectivity index (χ0v) is 15.4. The van der Waals surface area contributed by atoms with E-state index in [4.69, 9.17) is 9.47 Å². The number of para-hydroxylation sites is 1. The van der Waals surface area contributed by atoms with Gasteiger partial charge < -0.3 is 24.8 Å². The highest BCUT2D eigenvalue weighted by molar-refractivity contribution is 6.04. The minimum absolute atomic E-state index is 0.00587. The van der Waals surface area contributed by atoms with E-state index >= 15 is 0 Å². The van der Waals surface area contributed by atoms with Crippen LogP contribution < -0.4 is 9.47 Å². The smallest absolute Gasteiger partial charge is 0.204 e.